The van der Waals surface area contributed by atoms with Gasteiger partial charge >= 0.3 is 0 Å². The molecule has 0 amide bonds. The molecule has 1 unspecified atom stereocenters. The number of anilines is 1. The Kier molecular flexibility index (Phi) is 4.27. The van der Waals surface area contributed by atoms with Crippen LogP contribution in [0.4, 0.5) is 5.69 Å². The van der Waals surface area contributed by atoms with Crippen molar-refractivity contribution in [3.05, 3.63) is 22.2 Å². The standard InChI is InChI=1S/C13H18Cl2N2O2S/c1-13(2)6-5-8(7-13)17-20(18,19)10-4-3-9(14)12(16)11(10)15/h3-4,8,17H,5-7,16H2,1-2H3. The van der Waals surface area contributed by atoms with Gasteiger partial charge in [0.05, 0.1) is 15.7 Å². The number of hydrogen-bond acceptors (Lipinski definition) is 3. The Balaban J connectivity index is 2.26. The first kappa shape index (κ1) is 15.9. The summed E-state index contributed by atoms with van der Waals surface area (Å²) in [4.78, 5) is -0.0224. The summed E-state index contributed by atoms with van der Waals surface area (Å²) >= 11 is 11.8. The molecule has 0 bridgehead atoms. The van der Waals surface area contributed by atoms with Crippen LogP contribution in [0.2, 0.25) is 10.0 Å². The number of sulfonamides is 1. The second-order valence-corrected chi connectivity index (χ2v) is 8.47. The molecule has 0 radical (unpaired) electrons. The minimum atomic E-state index is -3.68. The van der Waals surface area contributed by atoms with E-state index >= 15 is 0 Å². The molecule has 1 fully saturated rings. The van der Waals surface area contributed by atoms with E-state index in [2.05, 4.69) is 18.6 Å². The lowest BCUT2D eigenvalue weighted by Crippen LogP contribution is -2.33. The van der Waals surface area contributed by atoms with Crippen LogP contribution in [0.25, 0.3) is 0 Å². The molecule has 0 aliphatic heterocycles. The highest BCUT2D eigenvalue weighted by Gasteiger charge is 2.34. The SMILES string of the molecule is CC1(C)CCC(NS(=O)(=O)c2ccc(Cl)c(N)c2Cl)C1. The van der Waals surface area contributed by atoms with Crippen molar-refractivity contribution in [2.45, 2.75) is 44.0 Å². The van der Waals surface area contributed by atoms with Gasteiger partial charge in [-0.2, -0.15) is 0 Å². The number of nitrogens with two attached hydrogens (primary N) is 1. The van der Waals surface area contributed by atoms with E-state index in [4.69, 9.17) is 28.9 Å². The third-order valence-corrected chi connectivity index (χ3v) is 6.08. The molecular weight excluding hydrogens is 319 g/mol. The quantitative estimate of drug-likeness (QED) is 0.830. The fourth-order valence-electron chi connectivity index (χ4n) is 2.58. The smallest absolute Gasteiger partial charge is 0.242 e. The normalized spacial score (nSPS) is 22.1. The van der Waals surface area contributed by atoms with Gasteiger partial charge in [0.1, 0.15) is 4.90 Å². The zero-order valence-electron chi connectivity index (χ0n) is 11.4. The number of halogens is 2. The third-order valence-electron chi connectivity index (χ3n) is 3.67. The van der Waals surface area contributed by atoms with E-state index in [9.17, 15) is 8.42 Å². The summed E-state index contributed by atoms with van der Waals surface area (Å²) in [6.45, 7) is 4.27. The maximum atomic E-state index is 12.4. The van der Waals surface area contributed by atoms with Gasteiger partial charge in [-0.15, -0.1) is 0 Å². The van der Waals surface area contributed by atoms with Gasteiger partial charge in [0.25, 0.3) is 0 Å². The predicted molar refractivity (Wildman–Crippen MR) is 82.6 cm³/mol. The van der Waals surface area contributed by atoms with Crippen LogP contribution in [0, 0.1) is 5.41 Å². The van der Waals surface area contributed by atoms with Crippen molar-refractivity contribution >= 4 is 38.9 Å². The third kappa shape index (κ3) is 3.22. The van der Waals surface area contributed by atoms with Gasteiger partial charge in [0.15, 0.2) is 0 Å². The number of rotatable bonds is 3. The fraction of sp³-hybridized carbons (Fsp3) is 0.538. The Morgan fingerprint density at radius 2 is 2.00 bits per heavy atom. The summed E-state index contributed by atoms with van der Waals surface area (Å²) < 4.78 is 27.5. The number of nitrogens with one attached hydrogen (secondary N) is 1. The Labute approximate surface area is 129 Å². The van der Waals surface area contributed by atoms with Crippen LogP contribution >= 0.6 is 23.2 Å². The van der Waals surface area contributed by atoms with E-state index in [1.54, 1.807) is 0 Å². The molecule has 1 aliphatic rings. The van der Waals surface area contributed by atoms with Crippen LogP contribution in [0.3, 0.4) is 0 Å². The van der Waals surface area contributed by atoms with Gasteiger partial charge in [-0.25, -0.2) is 13.1 Å². The van der Waals surface area contributed by atoms with E-state index < -0.39 is 10.0 Å². The molecule has 20 heavy (non-hydrogen) atoms. The largest absolute Gasteiger partial charge is 0.396 e. The van der Waals surface area contributed by atoms with E-state index in [0.717, 1.165) is 19.3 Å². The summed E-state index contributed by atoms with van der Waals surface area (Å²) in [5.74, 6) is 0. The molecule has 0 spiro atoms. The molecule has 1 aromatic carbocycles. The first-order valence-corrected chi connectivity index (χ1v) is 8.62. The lowest BCUT2D eigenvalue weighted by molar-refractivity contribution is 0.372. The summed E-state index contributed by atoms with van der Waals surface area (Å²) in [7, 11) is -3.68. The van der Waals surface area contributed by atoms with Crippen molar-refractivity contribution in [1.29, 1.82) is 0 Å². The van der Waals surface area contributed by atoms with Gasteiger partial charge in [-0.1, -0.05) is 37.0 Å². The number of hydrogen-bond donors (Lipinski definition) is 2. The molecule has 0 saturated heterocycles. The Morgan fingerprint density at radius 3 is 2.55 bits per heavy atom. The molecule has 2 rings (SSSR count). The Hall–Kier alpha value is -0.490. The van der Waals surface area contributed by atoms with E-state index in [0.29, 0.717) is 0 Å². The van der Waals surface area contributed by atoms with Crippen molar-refractivity contribution < 1.29 is 8.42 Å². The summed E-state index contributed by atoms with van der Waals surface area (Å²) in [6, 6.07) is 2.75. The topological polar surface area (TPSA) is 72.2 Å². The molecule has 4 nitrogen and oxygen atoms in total. The van der Waals surface area contributed by atoms with Crippen LogP contribution in [-0.2, 0) is 10.0 Å². The molecular formula is C13H18Cl2N2O2S. The van der Waals surface area contributed by atoms with Crippen molar-refractivity contribution in [1.82, 2.24) is 4.72 Å². The fourth-order valence-corrected chi connectivity index (χ4v) is 4.61. The van der Waals surface area contributed by atoms with Crippen molar-refractivity contribution in [3.63, 3.8) is 0 Å². The van der Waals surface area contributed by atoms with E-state index in [1.807, 2.05) is 0 Å². The second-order valence-electron chi connectivity index (χ2n) is 6.00. The van der Waals surface area contributed by atoms with Crippen LogP contribution in [0.5, 0.6) is 0 Å². The lowest BCUT2D eigenvalue weighted by atomic mass is 9.92. The summed E-state index contributed by atoms with van der Waals surface area (Å²) in [6.07, 6.45) is 2.64. The Bertz CT molecular complexity index is 630. The molecule has 1 atom stereocenters. The van der Waals surface area contributed by atoms with Gasteiger partial charge in [-0.3, -0.25) is 0 Å². The van der Waals surface area contributed by atoms with Gasteiger partial charge in [0.2, 0.25) is 10.0 Å². The monoisotopic (exact) mass is 336 g/mol. The molecule has 1 aliphatic carbocycles. The highest BCUT2D eigenvalue weighted by atomic mass is 35.5. The molecule has 7 heteroatoms. The molecule has 0 aromatic heterocycles. The average Bonchev–Trinajstić information content (AvgIpc) is 2.64. The van der Waals surface area contributed by atoms with Gasteiger partial charge < -0.3 is 5.73 Å². The second kappa shape index (κ2) is 5.37. The molecule has 1 aromatic rings. The molecule has 112 valence electrons. The van der Waals surface area contributed by atoms with Crippen LogP contribution in [0.15, 0.2) is 17.0 Å². The zero-order valence-corrected chi connectivity index (χ0v) is 13.7. The predicted octanol–water partition coefficient (Wildman–Crippen LogP) is 3.43. The highest BCUT2D eigenvalue weighted by molar-refractivity contribution is 7.89. The Morgan fingerprint density at radius 1 is 1.35 bits per heavy atom. The van der Waals surface area contributed by atoms with E-state index in [1.165, 1.54) is 12.1 Å². The highest BCUT2D eigenvalue weighted by Crippen LogP contribution is 2.38. The number of nitrogen functional groups attached to an aromatic ring is 1. The van der Waals surface area contributed by atoms with Gasteiger partial charge in [0, 0.05) is 6.04 Å². The van der Waals surface area contributed by atoms with Crippen molar-refractivity contribution in [2.24, 2.45) is 5.41 Å². The van der Waals surface area contributed by atoms with Crippen LogP contribution < -0.4 is 10.5 Å². The first-order chi connectivity index (χ1) is 9.12. The minimum Gasteiger partial charge on any atom is -0.396 e. The van der Waals surface area contributed by atoms with Crippen molar-refractivity contribution in [2.75, 3.05) is 5.73 Å². The maximum absolute atomic E-state index is 12.4. The summed E-state index contributed by atoms with van der Waals surface area (Å²) in [5.41, 5.74) is 5.92. The van der Waals surface area contributed by atoms with Gasteiger partial charge in [-0.05, 0) is 36.8 Å². The molecule has 1 saturated carbocycles. The number of benzene rings is 1. The van der Waals surface area contributed by atoms with Crippen LogP contribution in [-0.4, -0.2) is 14.5 Å². The van der Waals surface area contributed by atoms with Crippen LogP contribution in [0.1, 0.15) is 33.1 Å². The lowest BCUT2D eigenvalue weighted by Gasteiger charge is -2.18. The molecule has 0 heterocycles. The maximum Gasteiger partial charge on any atom is 0.242 e. The first-order valence-electron chi connectivity index (χ1n) is 6.38. The molecule has 3 N–H and O–H groups in total. The zero-order chi connectivity index (χ0) is 15.1. The summed E-state index contributed by atoms with van der Waals surface area (Å²) in [5, 5.41) is 0.221. The van der Waals surface area contributed by atoms with Crippen molar-refractivity contribution in [3.8, 4) is 0 Å². The van der Waals surface area contributed by atoms with E-state index in [-0.39, 0.29) is 32.1 Å². The minimum absolute atomic E-state index is 0.0224. The average molecular weight is 337 g/mol.